The molecule has 0 N–H and O–H groups in total. The first-order valence-electron chi connectivity index (χ1n) is 11.6. The fraction of sp³-hybridized carbons (Fsp3) is 0.583. The van der Waals surface area contributed by atoms with Gasteiger partial charge in [-0.15, -0.1) is 5.10 Å². The number of carbonyl (C=O) groups is 1. The van der Waals surface area contributed by atoms with Crippen LogP contribution in [0.3, 0.4) is 0 Å². The third-order valence-electron chi connectivity index (χ3n) is 5.76. The van der Waals surface area contributed by atoms with Crippen molar-refractivity contribution in [1.82, 2.24) is 25.1 Å². The number of hydrogen-bond acceptors (Lipinski definition) is 8. The van der Waals surface area contributed by atoms with Crippen LogP contribution in [-0.2, 0) is 14.2 Å². The lowest BCUT2D eigenvalue weighted by Gasteiger charge is -2.39. The van der Waals surface area contributed by atoms with E-state index in [1.54, 1.807) is 27.6 Å². The average molecular weight is 488 g/mol. The van der Waals surface area contributed by atoms with E-state index in [0.717, 1.165) is 35.2 Å². The predicted molar refractivity (Wildman–Crippen MR) is 128 cm³/mol. The van der Waals surface area contributed by atoms with Crippen LogP contribution in [-0.4, -0.2) is 61.4 Å². The first kappa shape index (κ1) is 24.4. The van der Waals surface area contributed by atoms with Crippen molar-refractivity contribution in [3.05, 3.63) is 42.4 Å². The SMILES string of the molecule is CC(C)(C)OC(=O)N1CC[C@@H](CCSc2nnnn2-c2ccccc2)[C@@H](C2=COC(C)(C)O2)C1. The van der Waals surface area contributed by atoms with Crippen molar-refractivity contribution in [3.8, 4) is 5.69 Å². The van der Waals surface area contributed by atoms with Crippen LogP contribution in [0.4, 0.5) is 4.79 Å². The number of amides is 1. The summed E-state index contributed by atoms with van der Waals surface area (Å²) < 4.78 is 19.2. The maximum Gasteiger partial charge on any atom is 0.410 e. The Kier molecular flexibility index (Phi) is 7.06. The number of nitrogens with zero attached hydrogens (tertiary/aromatic N) is 5. The van der Waals surface area contributed by atoms with Crippen LogP contribution >= 0.6 is 11.8 Å². The van der Waals surface area contributed by atoms with Crippen LogP contribution in [0.2, 0.25) is 0 Å². The maximum atomic E-state index is 12.7. The Morgan fingerprint density at radius 3 is 2.71 bits per heavy atom. The number of benzene rings is 1. The van der Waals surface area contributed by atoms with E-state index in [2.05, 4.69) is 15.5 Å². The highest BCUT2D eigenvalue weighted by molar-refractivity contribution is 7.99. The molecule has 3 heterocycles. The Hall–Kier alpha value is -2.75. The van der Waals surface area contributed by atoms with Gasteiger partial charge in [0.15, 0.2) is 0 Å². The number of para-hydroxylation sites is 1. The number of tetrazole rings is 1. The Labute approximate surface area is 204 Å². The fourth-order valence-electron chi connectivity index (χ4n) is 4.16. The molecule has 0 radical (unpaired) electrons. The molecule has 0 spiro atoms. The minimum absolute atomic E-state index is 0.0359. The lowest BCUT2D eigenvalue weighted by molar-refractivity contribution is -0.124. The second kappa shape index (κ2) is 9.85. The highest BCUT2D eigenvalue weighted by Crippen LogP contribution is 2.39. The van der Waals surface area contributed by atoms with E-state index in [-0.39, 0.29) is 12.0 Å². The summed E-state index contributed by atoms with van der Waals surface area (Å²) in [7, 11) is 0. The summed E-state index contributed by atoms with van der Waals surface area (Å²) in [6, 6.07) is 9.86. The first-order chi connectivity index (χ1) is 16.1. The number of likely N-dealkylation sites (tertiary alicyclic amines) is 1. The van der Waals surface area contributed by atoms with Gasteiger partial charge in [0.25, 0.3) is 0 Å². The Bertz CT molecular complexity index is 1020. The van der Waals surface area contributed by atoms with E-state index in [9.17, 15) is 4.79 Å². The van der Waals surface area contributed by atoms with Gasteiger partial charge in [-0.1, -0.05) is 30.0 Å². The summed E-state index contributed by atoms with van der Waals surface area (Å²) in [4.78, 5) is 14.5. The molecular weight excluding hydrogens is 454 g/mol. The van der Waals surface area contributed by atoms with Crippen LogP contribution in [0.1, 0.15) is 47.5 Å². The fourth-order valence-corrected chi connectivity index (χ4v) is 5.12. The van der Waals surface area contributed by atoms with Crippen molar-refractivity contribution in [2.45, 2.75) is 64.0 Å². The molecule has 0 saturated carbocycles. The zero-order valence-electron chi connectivity index (χ0n) is 20.4. The Morgan fingerprint density at radius 2 is 2.03 bits per heavy atom. The van der Waals surface area contributed by atoms with Gasteiger partial charge in [-0.25, -0.2) is 4.79 Å². The topological polar surface area (TPSA) is 91.6 Å². The van der Waals surface area contributed by atoms with Gasteiger partial charge < -0.3 is 19.1 Å². The Morgan fingerprint density at radius 1 is 1.26 bits per heavy atom. The minimum atomic E-state index is -0.694. The van der Waals surface area contributed by atoms with E-state index in [1.165, 1.54) is 0 Å². The molecule has 184 valence electrons. The number of ether oxygens (including phenoxy) is 3. The van der Waals surface area contributed by atoms with Crippen LogP contribution in [0.15, 0.2) is 47.5 Å². The van der Waals surface area contributed by atoms with E-state index in [4.69, 9.17) is 14.2 Å². The smallest absolute Gasteiger partial charge is 0.410 e. The van der Waals surface area contributed by atoms with E-state index < -0.39 is 11.4 Å². The van der Waals surface area contributed by atoms with Crippen LogP contribution in [0.5, 0.6) is 0 Å². The molecule has 1 aromatic heterocycles. The van der Waals surface area contributed by atoms with Gasteiger partial charge in [0.1, 0.15) is 17.6 Å². The quantitative estimate of drug-likeness (QED) is 0.544. The lowest BCUT2D eigenvalue weighted by atomic mass is 9.82. The highest BCUT2D eigenvalue weighted by Gasteiger charge is 2.40. The van der Waals surface area contributed by atoms with Gasteiger partial charge in [0.2, 0.25) is 10.9 Å². The summed E-state index contributed by atoms with van der Waals surface area (Å²) in [5.41, 5.74) is 0.402. The molecule has 1 amide bonds. The number of carbonyl (C=O) groups excluding carboxylic acids is 1. The molecule has 2 aliphatic heterocycles. The normalized spacial score (nSPS) is 22.0. The van der Waals surface area contributed by atoms with Crippen molar-refractivity contribution < 1.29 is 19.0 Å². The van der Waals surface area contributed by atoms with E-state index >= 15 is 0 Å². The number of aromatic nitrogens is 4. The van der Waals surface area contributed by atoms with Gasteiger partial charge >= 0.3 is 6.09 Å². The Balaban J connectivity index is 1.41. The van der Waals surface area contributed by atoms with Gasteiger partial charge in [-0.3, -0.25) is 0 Å². The zero-order valence-corrected chi connectivity index (χ0v) is 21.2. The van der Waals surface area contributed by atoms with Crippen molar-refractivity contribution in [1.29, 1.82) is 0 Å². The molecule has 1 saturated heterocycles. The maximum absolute atomic E-state index is 12.7. The molecule has 0 bridgehead atoms. The van der Waals surface area contributed by atoms with Gasteiger partial charge in [-0.05, 0) is 62.1 Å². The standard InChI is InChI=1S/C24H33N5O4S/c1-23(2,3)33-22(30)28-13-11-17(19(15-28)20-16-31-24(4,5)32-20)12-14-34-21-25-26-27-29(21)18-9-7-6-8-10-18/h6-10,16-17,19H,11-15H2,1-5H3/t17-,19-/m0/s1. The first-order valence-corrected chi connectivity index (χ1v) is 12.6. The number of thioether (sulfide) groups is 1. The molecule has 0 unspecified atom stereocenters. The third-order valence-corrected chi connectivity index (χ3v) is 6.71. The van der Waals surface area contributed by atoms with Crippen LogP contribution in [0, 0.1) is 11.8 Å². The zero-order chi connectivity index (χ0) is 24.3. The monoisotopic (exact) mass is 487 g/mol. The van der Waals surface area contributed by atoms with Gasteiger partial charge in [-0.2, -0.15) is 4.68 Å². The third kappa shape index (κ3) is 6.02. The summed E-state index contributed by atoms with van der Waals surface area (Å²) in [6.07, 6.45) is 3.21. The van der Waals surface area contributed by atoms with Gasteiger partial charge in [0.05, 0.1) is 5.69 Å². The molecule has 4 rings (SSSR count). The van der Waals surface area contributed by atoms with Crippen molar-refractivity contribution >= 4 is 17.9 Å². The molecule has 34 heavy (non-hydrogen) atoms. The summed E-state index contributed by atoms with van der Waals surface area (Å²) in [6.45, 7) is 10.6. The van der Waals surface area contributed by atoms with Gasteiger partial charge in [0, 0.05) is 38.6 Å². The molecule has 2 aromatic rings. The molecule has 1 fully saturated rings. The van der Waals surface area contributed by atoms with Crippen LogP contribution < -0.4 is 0 Å². The largest absolute Gasteiger partial charge is 0.457 e. The molecule has 10 heteroatoms. The number of rotatable bonds is 6. The van der Waals surface area contributed by atoms with E-state index in [0.29, 0.717) is 19.0 Å². The number of piperidine rings is 1. The summed E-state index contributed by atoms with van der Waals surface area (Å²) >= 11 is 1.63. The molecule has 0 aliphatic carbocycles. The second-order valence-corrected chi connectivity index (χ2v) is 11.1. The average Bonchev–Trinajstić information content (AvgIpc) is 3.39. The highest BCUT2D eigenvalue weighted by atomic mass is 32.2. The van der Waals surface area contributed by atoms with Crippen molar-refractivity contribution in [2.75, 3.05) is 18.8 Å². The summed E-state index contributed by atoms with van der Waals surface area (Å²) in [5, 5.41) is 12.9. The molecule has 2 aliphatic rings. The molecule has 1 aromatic carbocycles. The minimum Gasteiger partial charge on any atom is -0.457 e. The lowest BCUT2D eigenvalue weighted by Crippen LogP contribution is -2.46. The predicted octanol–water partition coefficient (Wildman–Crippen LogP) is 4.64. The van der Waals surface area contributed by atoms with Crippen molar-refractivity contribution in [2.24, 2.45) is 11.8 Å². The number of hydrogen-bond donors (Lipinski definition) is 0. The van der Waals surface area contributed by atoms with Crippen molar-refractivity contribution in [3.63, 3.8) is 0 Å². The molecule has 2 atom stereocenters. The molecular formula is C24H33N5O4S. The van der Waals surface area contributed by atoms with E-state index in [1.807, 2.05) is 65.0 Å². The second-order valence-electron chi connectivity index (χ2n) is 10.1. The molecule has 9 nitrogen and oxygen atoms in total. The summed E-state index contributed by atoms with van der Waals surface area (Å²) in [5.74, 6) is 1.31. The van der Waals surface area contributed by atoms with Crippen LogP contribution in [0.25, 0.3) is 5.69 Å².